The summed E-state index contributed by atoms with van der Waals surface area (Å²) in [6, 6.07) is 10.2. The molecule has 1 aromatic rings. The van der Waals surface area contributed by atoms with Crippen molar-refractivity contribution in [2.45, 2.75) is 18.9 Å². The van der Waals surface area contributed by atoms with Crippen LogP contribution < -0.4 is 0 Å². The molecule has 0 aromatic heterocycles. The van der Waals surface area contributed by atoms with Crippen LogP contribution in [-0.2, 0) is 21.4 Å². The van der Waals surface area contributed by atoms with Gasteiger partial charge in [0.1, 0.15) is 0 Å². The first-order chi connectivity index (χ1) is 9.50. The summed E-state index contributed by atoms with van der Waals surface area (Å²) in [6.07, 6.45) is 1.71. The minimum atomic E-state index is -3.33. The van der Waals surface area contributed by atoms with Gasteiger partial charge in [0.2, 0.25) is 0 Å². The van der Waals surface area contributed by atoms with Gasteiger partial charge in [-0.15, -0.1) is 0 Å². The van der Waals surface area contributed by atoms with E-state index >= 15 is 0 Å². The number of nitrogens with zero attached hydrogens (tertiary/aromatic N) is 2. The van der Waals surface area contributed by atoms with E-state index in [1.807, 2.05) is 18.2 Å². The summed E-state index contributed by atoms with van der Waals surface area (Å²) < 4.78 is 32.6. The van der Waals surface area contributed by atoms with Crippen LogP contribution in [0.1, 0.15) is 12.0 Å². The molecule has 5 nitrogen and oxygen atoms in total. The van der Waals surface area contributed by atoms with Crippen molar-refractivity contribution in [3.8, 4) is 0 Å². The number of hydrogen-bond acceptors (Lipinski definition) is 3. The molecule has 1 aliphatic rings. The van der Waals surface area contributed by atoms with Crippen LogP contribution in [0.25, 0.3) is 0 Å². The van der Waals surface area contributed by atoms with Gasteiger partial charge in [-0.25, -0.2) is 0 Å². The third-order valence-corrected chi connectivity index (χ3v) is 5.39. The molecule has 20 heavy (non-hydrogen) atoms. The molecule has 112 valence electrons. The molecule has 1 aromatic carbocycles. The Kier molecular flexibility index (Phi) is 5.15. The maximum absolute atomic E-state index is 12.1. The minimum absolute atomic E-state index is 0.0290. The number of morpholine rings is 1. The highest BCUT2D eigenvalue weighted by Gasteiger charge is 2.30. The van der Waals surface area contributed by atoms with Gasteiger partial charge in [0.15, 0.2) is 0 Å². The molecule has 0 amide bonds. The van der Waals surface area contributed by atoms with Gasteiger partial charge in [0.25, 0.3) is 10.2 Å². The van der Waals surface area contributed by atoms with Crippen molar-refractivity contribution in [3.63, 3.8) is 0 Å². The SMILES string of the molecule is CN(C)S(=O)(=O)N1CCO[C@H](CCc2ccccc2)C1. The standard InChI is InChI=1S/C14H22N2O3S/c1-15(2)20(17,18)16-10-11-19-14(12-16)9-8-13-6-4-3-5-7-13/h3-7,14H,8-12H2,1-2H3/t14-/m1/s1. The van der Waals surface area contributed by atoms with E-state index in [1.165, 1.54) is 14.2 Å². The highest BCUT2D eigenvalue weighted by atomic mass is 32.2. The molecule has 0 radical (unpaired) electrons. The summed E-state index contributed by atoms with van der Waals surface area (Å²) in [5, 5.41) is 0. The monoisotopic (exact) mass is 298 g/mol. The van der Waals surface area contributed by atoms with Gasteiger partial charge < -0.3 is 4.74 Å². The van der Waals surface area contributed by atoms with Gasteiger partial charge in [-0.3, -0.25) is 0 Å². The average Bonchev–Trinajstić information content (AvgIpc) is 2.46. The van der Waals surface area contributed by atoms with Crippen molar-refractivity contribution in [3.05, 3.63) is 35.9 Å². The van der Waals surface area contributed by atoms with E-state index < -0.39 is 10.2 Å². The van der Waals surface area contributed by atoms with Gasteiger partial charge in [-0.2, -0.15) is 17.0 Å². The van der Waals surface area contributed by atoms with Crippen molar-refractivity contribution in [1.82, 2.24) is 8.61 Å². The Morgan fingerprint density at radius 2 is 2.00 bits per heavy atom. The number of aryl methyl sites for hydroxylation is 1. The van der Waals surface area contributed by atoms with Gasteiger partial charge in [0, 0.05) is 27.2 Å². The topological polar surface area (TPSA) is 49.9 Å². The predicted molar refractivity (Wildman–Crippen MR) is 78.7 cm³/mol. The molecule has 1 atom stereocenters. The molecule has 2 rings (SSSR count). The van der Waals surface area contributed by atoms with Crippen LogP contribution >= 0.6 is 0 Å². The number of hydrogen-bond donors (Lipinski definition) is 0. The third kappa shape index (κ3) is 3.79. The fourth-order valence-electron chi connectivity index (χ4n) is 2.28. The van der Waals surface area contributed by atoms with Crippen LogP contribution in [0.3, 0.4) is 0 Å². The summed E-state index contributed by atoms with van der Waals surface area (Å²) in [4.78, 5) is 0. The van der Waals surface area contributed by atoms with Crippen molar-refractivity contribution in [2.75, 3.05) is 33.8 Å². The Labute approximate surface area is 121 Å². The summed E-state index contributed by atoms with van der Waals surface area (Å²) >= 11 is 0. The quantitative estimate of drug-likeness (QED) is 0.819. The molecule has 1 heterocycles. The number of benzene rings is 1. The molecular formula is C14H22N2O3S. The fraction of sp³-hybridized carbons (Fsp3) is 0.571. The van der Waals surface area contributed by atoms with Crippen LogP contribution in [0.5, 0.6) is 0 Å². The lowest BCUT2D eigenvalue weighted by atomic mass is 10.1. The lowest BCUT2D eigenvalue weighted by Crippen LogP contribution is -2.49. The smallest absolute Gasteiger partial charge is 0.281 e. The van der Waals surface area contributed by atoms with Gasteiger partial charge in [-0.1, -0.05) is 30.3 Å². The molecule has 0 N–H and O–H groups in total. The predicted octanol–water partition coefficient (Wildman–Crippen LogP) is 1.13. The summed E-state index contributed by atoms with van der Waals surface area (Å²) in [5.41, 5.74) is 1.25. The zero-order valence-electron chi connectivity index (χ0n) is 12.0. The van der Waals surface area contributed by atoms with E-state index in [9.17, 15) is 8.42 Å². The van der Waals surface area contributed by atoms with Gasteiger partial charge in [-0.05, 0) is 18.4 Å². The maximum atomic E-state index is 12.1. The first kappa shape index (κ1) is 15.4. The average molecular weight is 298 g/mol. The Morgan fingerprint density at radius 3 is 2.65 bits per heavy atom. The van der Waals surface area contributed by atoms with Crippen LogP contribution in [-0.4, -0.2) is 56.9 Å². The van der Waals surface area contributed by atoms with Crippen molar-refractivity contribution >= 4 is 10.2 Å². The second kappa shape index (κ2) is 6.67. The Hall–Kier alpha value is -0.950. The largest absolute Gasteiger partial charge is 0.375 e. The molecule has 1 saturated heterocycles. The molecule has 0 spiro atoms. The minimum Gasteiger partial charge on any atom is -0.375 e. The Balaban J connectivity index is 1.91. The second-order valence-corrected chi connectivity index (χ2v) is 7.31. The molecule has 0 bridgehead atoms. The lowest BCUT2D eigenvalue weighted by Gasteiger charge is -2.33. The van der Waals surface area contributed by atoms with Crippen LogP contribution in [0.4, 0.5) is 0 Å². The van der Waals surface area contributed by atoms with E-state index in [0.29, 0.717) is 19.7 Å². The molecule has 0 unspecified atom stereocenters. The van der Waals surface area contributed by atoms with E-state index in [2.05, 4.69) is 12.1 Å². The molecular weight excluding hydrogens is 276 g/mol. The molecule has 1 aliphatic heterocycles. The highest BCUT2D eigenvalue weighted by Crippen LogP contribution is 2.16. The second-order valence-electron chi connectivity index (χ2n) is 5.17. The Bertz CT molecular complexity index is 516. The maximum Gasteiger partial charge on any atom is 0.281 e. The van der Waals surface area contributed by atoms with Crippen LogP contribution in [0.2, 0.25) is 0 Å². The fourth-order valence-corrected chi connectivity index (χ4v) is 3.40. The first-order valence-electron chi connectivity index (χ1n) is 6.83. The van der Waals surface area contributed by atoms with E-state index in [1.54, 1.807) is 14.1 Å². The highest BCUT2D eigenvalue weighted by molar-refractivity contribution is 7.86. The van der Waals surface area contributed by atoms with E-state index in [4.69, 9.17) is 4.74 Å². The zero-order valence-corrected chi connectivity index (χ0v) is 12.8. The summed E-state index contributed by atoms with van der Waals surface area (Å²) in [6.45, 7) is 1.34. The summed E-state index contributed by atoms with van der Waals surface area (Å²) in [5.74, 6) is 0. The summed E-state index contributed by atoms with van der Waals surface area (Å²) in [7, 11) is -0.211. The lowest BCUT2D eigenvalue weighted by molar-refractivity contribution is -0.00651. The van der Waals surface area contributed by atoms with E-state index in [-0.39, 0.29) is 6.10 Å². The van der Waals surface area contributed by atoms with Crippen LogP contribution in [0, 0.1) is 0 Å². The normalized spacial score (nSPS) is 21.2. The van der Waals surface area contributed by atoms with Crippen LogP contribution in [0.15, 0.2) is 30.3 Å². The molecule has 6 heteroatoms. The van der Waals surface area contributed by atoms with Crippen molar-refractivity contribution in [1.29, 1.82) is 0 Å². The zero-order chi connectivity index (χ0) is 14.6. The van der Waals surface area contributed by atoms with E-state index in [0.717, 1.165) is 12.8 Å². The number of rotatable bonds is 5. The molecule has 0 aliphatic carbocycles. The third-order valence-electron chi connectivity index (χ3n) is 3.49. The van der Waals surface area contributed by atoms with Gasteiger partial charge >= 0.3 is 0 Å². The van der Waals surface area contributed by atoms with Gasteiger partial charge in [0.05, 0.1) is 12.7 Å². The number of ether oxygens (including phenoxy) is 1. The Morgan fingerprint density at radius 1 is 1.30 bits per heavy atom. The van der Waals surface area contributed by atoms with Crippen molar-refractivity contribution in [2.24, 2.45) is 0 Å². The first-order valence-corrected chi connectivity index (χ1v) is 8.23. The molecule has 1 fully saturated rings. The molecule has 0 saturated carbocycles. The van der Waals surface area contributed by atoms with Crippen molar-refractivity contribution < 1.29 is 13.2 Å².